The molecule has 1 aromatic heterocycles. The number of aliphatic hydroxyl groups is 2. The molecule has 1 aromatic rings. The molecule has 0 radical (unpaired) electrons. The molecule has 0 bridgehead atoms. The first-order chi connectivity index (χ1) is 15.8. The van der Waals surface area contributed by atoms with E-state index >= 15 is 0 Å². The maximum Gasteiger partial charge on any atom is 0.490 e. The Morgan fingerprint density at radius 3 is 2.40 bits per heavy atom. The largest absolute Gasteiger partial charge is 0.490 e. The van der Waals surface area contributed by atoms with Crippen LogP contribution in [0.5, 0.6) is 0 Å². The van der Waals surface area contributed by atoms with Crippen LogP contribution >= 0.6 is 23.5 Å². The van der Waals surface area contributed by atoms with Crippen LogP contribution in [0.25, 0.3) is 0 Å². The number of hydrogen-bond acceptors (Lipinski definition) is 12. The number of aromatic nitrogens is 2. The number of aryl methyl sites for hydroxylation is 1. The summed E-state index contributed by atoms with van der Waals surface area (Å²) in [6.45, 7) is 1.02. The molecule has 7 atom stereocenters. The number of alkyl halides is 1. The zero-order valence-corrected chi connectivity index (χ0v) is 20.4. The van der Waals surface area contributed by atoms with Crippen LogP contribution in [0.3, 0.4) is 0 Å². The molecule has 0 spiro atoms. The summed E-state index contributed by atoms with van der Waals surface area (Å²) in [7, 11) is -17.1. The summed E-state index contributed by atoms with van der Waals surface area (Å²) < 4.78 is 65.0. The molecule has 1 aliphatic heterocycles. The minimum atomic E-state index is -5.84. The molecule has 0 aromatic carbocycles. The van der Waals surface area contributed by atoms with Crippen molar-refractivity contribution < 1.29 is 65.8 Å². The van der Waals surface area contributed by atoms with Gasteiger partial charge in [0.15, 0.2) is 11.8 Å². The van der Waals surface area contributed by atoms with Gasteiger partial charge in [-0.05, 0) is 19.9 Å². The fourth-order valence-electron chi connectivity index (χ4n) is 3.14. The topological polar surface area (TPSA) is 270 Å². The van der Waals surface area contributed by atoms with Gasteiger partial charge in [0.05, 0.1) is 6.10 Å². The molecular formula is C14H21FN3O14P3. The second kappa shape index (κ2) is 10.4. The van der Waals surface area contributed by atoms with Crippen LogP contribution in [-0.2, 0) is 31.6 Å². The monoisotopic (exact) mass is 567 g/mol. The number of nitrogen functional groups attached to an aromatic ring is 1. The third-order valence-electron chi connectivity index (χ3n) is 4.36. The molecule has 0 saturated carbocycles. The first kappa shape index (κ1) is 29.7. The SMILES string of the molecule is Cc1cc(N)nc(=O)n1[C@@H]1OC([C@@H](C)OP(=O)(O)OP(=O)(O)OP(=O)(O)O)[C@H](O)C1(O)C#CCF. The Morgan fingerprint density at radius 2 is 1.89 bits per heavy atom. The van der Waals surface area contributed by atoms with E-state index in [1.54, 1.807) is 0 Å². The molecule has 4 unspecified atom stereocenters. The summed E-state index contributed by atoms with van der Waals surface area (Å²) in [5.74, 6) is 3.69. The van der Waals surface area contributed by atoms with Crippen LogP contribution in [-0.4, -0.2) is 69.9 Å². The second-order valence-corrected chi connectivity index (χ2v) is 11.4. The molecule has 1 fully saturated rings. The van der Waals surface area contributed by atoms with Crippen LogP contribution in [0.15, 0.2) is 10.9 Å². The number of hydrogen-bond donors (Lipinski definition) is 7. The predicted octanol–water partition coefficient (Wildman–Crippen LogP) is -1.17. The zero-order valence-electron chi connectivity index (χ0n) is 17.7. The van der Waals surface area contributed by atoms with Crippen molar-refractivity contribution in [3.8, 4) is 11.8 Å². The number of phosphoric acid groups is 3. The molecule has 2 rings (SSSR count). The quantitative estimate of drug-likeness (QED) is 0.144. The van der Waals surface area contributed by atoms with Crippen molar-refractivity contribution in [3.63, 3.8) is 0 Å². The zero-order chi connectivity index (χ0) is 27.0. The van der Waals surface area contributed by atoms with Gasteiger partial charge in [0.2, 0.25) is 0 Å². The summed E-state index contributed by atoms with van der Waals surface area (Å²) in [5, 5.41) is 21.7. The minimum Gasteiger partial charge on any atom is -0.386 e. The number of aliphatic hydroxyl groups excluding tert-OH is 1. The number of nitrogens with zero attached hydrogens (tertiary/aromatic N) is 2. The molecule has 1 aliphatic rings. The highest BCUT2D eigenvalue weighted by molar-refractivity contribution is 7.66. The van der Waals surface area contributed by atoms with Gasteiger partial charge >= 0.3 is 29.2 Å². The summed E-state index contributed by atoms with van der Waals surface area (Å²) in [5.41, 5.74) is 1.76. The summed E-state index contributed by atoms with van der Waals surface area (Å²) >= 11 is 0. The second-order valence-electron chi connectivity index (χ2n) is 7.04. The van der Waals surface area contributed by atoms with Crippen molar-refractivity contribution in [3.05, 3.63) is 22.2 Å². The average Bonchev–Trinajstić information content (AvgIpc) is 2.88. The van der Waals surface area contributed by atoms with Gasteiger partial charge < -0.3 is 40.3 Å². The molecule has 0 aliphatic carbocycles. The highest BCUT2D eigenvalue weighted by Crippen LogP contribution is 2.66. The third-order valence-corrected chi connectivity index (χ3v) is 8.29. The van der Waals surface area contributed by atoms with Gasteiger partial charge in [0.25, 0.3) is 0 Å². The molecule has 1 saturated heterocycles. The van der Waals surface area contributed by atoms with E-state index in [0.717, 1.165) is 6.92 Å². The van der Waals surface area contributed by atoms with Crippen molar-refractivity contribution >= 4 is 29.3 Å². The standard InChI is InChI=1S/C14H21FN3O14P3/c1-7-6-9(16)17-13(20)18(7)12-14(21,4-3-5-15)11(19)10(29-12)8(2)30-34(25,26)32-35(27,28)31-33(22,23)24/h6,8,10-12,19,21H,5H2,1-2H3,(H,25,26)(H,27,28)(H2,16,17,20)(H2,22,23,24)/t8-,10?,11+,12-,14?/m1/s1. The van der Waals surface area contributed by atoms with E-state index in [4.69, 9.17) is 20.3 Å². The number of rotatable bonds is 8. The van der Waals surface area contributed by atoms with Crippen molar-refractivity contribution in [2.75, 3.05) is 12.4 Å². The first-order valence-electron chi connectivity index (χ1n) is 9.11. The van der Waals surface area contributed by atoms with Crippen LogP contribution in [0, 0.1) is 18.8 Å². The lowest BCUT2D eigenvalue weighted by Gasteiger charge is -2.28. The highest BCUT2D eigenvalue weighted by atomic mass is 31.3. The molecule has 35 heavy (non-hydrogen) atoms. The van der Waals surface area contributed by atoms with E-state index in [2.05, 4.69) is 18.1 Å². The van der Waals surface area contributed by atoms with Crippen LogP contribution in [0.2, 0.25) is 0 Å². The first-order valence-corrected chi connectivity index (χ1v) is 13.6. The molecule has 17 nitrogen and oxygen atoms in total. The van der Waals surface area contributed by atoms with Gasteiger partial charge in [-0.25, -0.2) is 22.9 Å². The van der Waals surface area contributed by atoms with Crippen LogP contribution in [0.1, 0.15) is 18.8 Å². The van der Waals surface area contributed by atoms with Crippen LogP contribution in [0.4, 0.5) is 10.2 Å². The molecular weight excluding hydrogens is 546 g/mol. The number of phosphoric ester groups is 1. The Balaban J connectivity index is 2.39. The van der Waals surface area contributed by atoms with E-state index in [1.807, 2.05) is 11.8 Å². The number of nitrogens with two attached hydrogens (primary N) is 1. The van der Waals surface area contributed by atoms with Gasteiger partial charge in [0.1, 0.15) is 24.7 Å². The molecule has 0 amide bonds. The smallest absolute Gasteiger partial charge is 0.386 e. The summed E-state index contributed by atoms with van der Waals surface area (Å²) in [4.78, 5) is 52.0. The maximum absolute atomic E-state index is 12.7. The third kappa shape index (κ3) is 7.25. The van der Waals surface area contributed by atoms with Crippen LogP contribution < -0.4 is 11.4 Å². The molecule has 2 heterocycles. The van der Waals surface area contributed by atoms with Gasteiger partial charge in [-0.15, -0.1) is 0 Å². The van der Waals surface area contributed by atoms with Crippen molar-refractivity contribution in [1.29, 1.82) is 0 Å². The number of anilines is 1. The van der Waals surface area contributed by atoms with Gasteiger partial charge in [-0.3, -0.25) is 9.09 Å². The predicted molar refractivity (Wildman–Crippen MR) is 111 cm³/mol. The normalized spacial score (nSPS) is 29.0. The lowest BCUT2D eigenvalue weighted by Crippen LogP contribution is -2.49. The highest BCUT2D eigenvalue weighted by Gasteiger charge is 2.59. The lowest BCUT2D eigenvalue weighted by atomic mass is 9.92. The minimum absolute atomic E-state index is 0.0568. The Kier molecular flexibility index (Phi) is 8.86. The maximum atomic E-state index is 12.7. The van der Waals surface area contributed by atoms with E-state index in [0.29, 0.717) is 4.57 Å². The number of ether oxygens (including phenoxy) is 1. The Bertz CT molecular complexity index is 1230. The van der Waals surface area contributed by atoms with E-state index in [9.17, 15) is 42.9 Å². The summed E-state index contributed by atoms with van der Waals surface area (Å²) in [6, 6.07) is 1.20. The van der Waals surface area contributed by atoms with Gasteiger partial charge in [-0.2, -0.15) is 13.6 Å². The van der Waals surface area contributed by atoms with Crippen molar-refractivity contribution in [2.45, 2.75) is 44.0 Å². The van der Waals surface area contributed by atoms with Gasteiger partial charge in [-0.1, -0.05) is 11.8 Å². The van der Waals surface area contributed by atoms with Crippen molar-refractivity contribution in [2.24, 2.45) is 0 Å². The van der Waals surface area contributed by atoms with Gasteiger partial charge in [0, 0.05) is 5.69 Å². The fraction of sp³-hybridized carbons (Fsp3) is 0.571. The van der Waals surface area contributed by atoms with E-state index < -0.39 is 66.0 Å². The molecule has 21 heteroatoms. The lowest BCUT2D eigenvalue weighted by molar-refractivity contribution is -0.0877. The van der Waals surface area contributed by atoms with Crippen molar-refractivity contribution in [1.82, 2.24) is 9.55 Å². The van der Waals surface area contributed by atoms with E-state index in [1.165, 1.54) is 13.0 Å². The Labute approximate surface area is 195 Å². The fourth-order valence-corrected chi connectivity index (χ4v) is 6.34. The number of halogens is 1. The molecule has 8 N–H and O–H groups in total. The molecule has 198 valence electrons. The summed E-state index contributed by atoms with van der Waals surface area (Å²) in [6.07, 6.45) is -7.67. The van der Waals surface area contributed by atoms with E-state index in [-0.39, 0.29) is 11.5 Å². The average molecular weight is 567 g/mol. The Morgan fingerprint density at radius 1 is 1.29 bits per heavy atom. The Hall–Kier alpha value is -1.54.